The Bertz CT molecular complexity index is 733. The summed E-state index contributed by atoms with van der Waals surface area (Å²) < 4.78 is 0. The molecule has 6 nitrogen and oxygen atoms in total. The average molecular weight is 325 g/mol. The summed E-state index contributed by atoms with van der Waals surface area (Å²) in [5.41, 5.74) is 7.57. The molecule has 1 aromatic carbocycles. The Balaban J connectivity index is 1.61. The van der Waals surface area contributed by atoms with Gasteiger partial charge in [-0.3, -0.25) is 9.69 Å². The summed E-state index contributed by atoms with van der Waals surface area (Å²) in [6.45, 7) is 4.14. The fourth-order valence-corrected chi connectivity index (χ4v) is 3.09. The van der Waals surface area contributed by atoms with Crippen molar-refractivity contribution in [1.29, 1.82) is 0 Å². The molecule has 0 spiro atoms. The van der Waals surface area contributed by atoms with Crippen LogP contribution in [0.15, 0.2) is 36.5 Å². The SMILES string of the molecule is Cc1cccc(C(=O)N2CC[C@@H](N(C)Cc3nccc(N)n3)C2)c1. The van der Waals surface area contributed by atoms with Gasteiger partial charge in [-0.2, -0.15) is 0 Å². The molecule has 1 amide bonds. The maximum absolute atomic E-state index is 12.6. The van der Waals surface area contributed by atoms with Crippen LogP contribution in [0.5, 0.6) is 0 Å². The van der Waals surface area contributed by atoms with Gasteiger partial charge in [0, 0.05) is 30.9 Å². The first kappa shape index (κ1) is 16.4. The molecule has 1 saturated heterocycles. The number of likely N-dealkylation sites (N-methyl/N-ethyl adjacent to an activating group) is 1. The van der Waals surface area contributed by atoms with Crippen LogP contribution in [0.25, 0.3) is 0 Å². The lowest BCUT2D eigenvalue weighted by Crippen LogP contribution is -2.36. The number of nitrogens with two attached hydrogens (primary N) is 1. The maximum Gasteiger partial charge on any atom is 0.253 e. The van der Waals surface area contributed by atoms with Crippen molar-refractivity contribution in [3.05, 3.63) is 53.5 Å². The van der Waals surface area contributed by atoms with E-state index in [4.69, 9.17) is 5.73 Å². The maximum atomic E-state index is 12.6. The molecule has 1 aromatic heterocycles. The van der Waals surface area contributed by atoms with Crippen LogP contribution in [-0.2, 0) is 6.54 Å². The van der Waals surface area contributed by atoms with E-state index in [9.17, 15) is 4.79 Å². The van der Waals surface area contributed by atoms with Gasteiger partial charge < -0.3 is 10.6 Å². The van der Waals surface area contributed by atoms with Crippen molar-refractivity contribution in [2.75, 3.05) is 25.9 Å². The predicted molar refractivity (Wildman–Crippen MR) is 93.4 cm³/mol. The number of aryl methyl sites for hydroxylation is 1. The lowest BCUT2D eigenvalue weighted by atomic mass is 10.1. The van der Waals surface area contributed by atoms with Crippen molar-refractivity contribution in [2.24, 2.45) is 0 Å². The first-order valence-electron chi connectivity index (χ1n) is 8.16. The summed E-state index contributed by atoms with van der Waals surface area (Å²) in [6, 6.07) is 9.75. The van der Waals surface area contributed by atoms with Crippen LogP contribution in [-0.4, -0.2) is 51.9 Å². The van der Waals surface area contributed by atoms with Crippen LogP contribution >= 0.6 is 0 Å². The van der Waals surface area contributed by atoms with Crippen molar-refractivity contribution < 1.29 is 4.79 Å². The highest BCUT2D eigenvalue weighted by Crippen LogP contribution is 2.19. The normalized spacial score (nSPS) is 17.5. The number of aromatic nitrogens is 2. The molecular weight excluding hydrogens is 302 g/mol. The number of anilines is 1. The lowest BCUT2D eigenvalue weighted by Gasteiger charge is -2.24. The molecule has 1 aliphatic heterocycles. The fourth-order valence-electron chi connectivity index (χ4n) is 3.09. The topological polar surface area (TPSA) is 75.4 Å². The highest BCUT2D eigenvalue weighted by molar-refractivity contribution is 5.94. The zero-order chi connectivity index (χ0) is 17.1. The smallest absolute Gasteiger partial charge is 0.253 e. The zero-order valence-corrected chi connectivity index (χ0v) is 14.1. The molecule has 0 saturated carbocycles. The third-order valence-corrected chi connectivity index (χ3v) is 4.46. The van der Waals surface area contributed by atoms with Crippen molar-refractivity contribution in [2.45, 2.75) is 25.9 Å². The van der Waals surface area contributed by atoms with E-state index in [1.165, 1.54) is 0 Å². The number of nitrogen functional groups attached to an aromatic ring is 1. The third-order valence-electron chi connectivity index (χ3n) is 4.46. The number of benzene rings is 1. The van der Waals surface area contributed by atoms with E-state index < -0.39 is 0 Å². The van der Waals surface area contributed by atoms with Crippen LogP contribution in [0.1, 0.15) is 28.2 Å². The van der Waals surface area contributed by atoms with Gasteiger partial charge in [-0.25, -0.2) is 9.97 Å². The Hall–Kier alpha value is -2.47. The molecule has 0 radical (unpaired) electrons. The minimum absolute atomic E-state index is 0.106. The largest absolute Gasteiger partial charge is 0.384 e. The van der Waals surface area contributed by atoms with E-state index in [0.29, 0.717) is 24.2 Å². The minimum atomic E-state index is 0.106. The molecule has 1 aliphatic rings. The first-order chi connectivity index (χ1) is 11.5. The van der Waals surface area contributed by atoms with Gasteiger partial charge in [0.1, 0.15) is 11.6 Å². The molecule has 3 rings (SSSR count). The highest BCUT2D eigenvalue weighted by Gasteiger charge is 2.29. The lowest BCUT2D eigenvalue weighted by molar-refractivity contribution is 0.0779. The van der Waals surface area contributed by atoms with Crippen molar-refractivity contribution in [3.8, 4) is 0 Å². The molecule has 2 N–H and O–H groups in total. The van der Waals surface area contributed by atoms with Gasteiger partial charge in [0.2, 0.25) is 0 Å². The van der Waals surface area contributed by atoms with Crippen LogP contribution in [0.3, 0.4) is 0 Å². The summed E-state index contributed by atoms with van der Waals surface area (Å²) >= 11 is 0. The molecule has 1 fully saturated rings. The summed E-state index contributed by atoms with van der Waals surface area (Å²) in [7, 11) is 2.04. The molecule has 0 bridgehead atoms. The third kappa shape index (κ3) is 3.71. The van der Waals surface area contributed by atoms with E-state index >= 15 is 0 Å². The molecule has 2 aromatic rings. The van der Waals surface area contributed by atoms with Gasteiger partial charge in [-0.1, -0.05) is 17.7 Å². The number of likely N-dealkylation sites (tertiary alicyclic amines) is 1. The van der Waals surface area contributed by atoms with Gasteiger partial charge in [-0.05, 0) is 38.6 Å². The molecule has 0 aliphatic carbocycles. The Labute approximate surface area is 142 Å². The number of amides is 1. The molecule has 126 valence electrons. The number of carbonyl (C=O) groups excluding carboxylic acids is 1. The highest BCUT2D eigenvalue weighted by atomic mass is 16.2. The minimum Gasteiger partial charge on any atom is -0.384 e. The monoisotopic (exact) mass is 325 g/mol. The Kier molecular flexibility index (Phi) is 4.76. The Morgan fingerprint density at radius 1 is 1.42 bits per heavy atom. The van der Waals surface area contributed by atoms with Crippen LogP contribution in [0, 0.1) is 6.92 Å². The van der Waals surface area contributed by atoms with E-state index in [0.717, 1.165) is 30.6 Å². The Morgan fingerprint density at radius 3 is 3.00 bits per heavy atom. The predicted octanol–water partition coefficient (Wildman–Crippen LogP) is 1.71. The second-order valence-corrected chi connectivity index (χ2v) is 6.38. The van der Waals surface area contributed by atoms with Crippen molar-refractivity contribution in [3.63, 3.8) is 0 Å². The molecule has 2 heterocycles. The van der Waals surface area contributed by atoms with E-state index in [1.54, 1.807) is 12.3 Å². The van der Waals surface area contributed by atoms with E-state index in [2.05, 4.69) is 14.9 Å². The first-order valence-corrected chi connectivity index (χ1v) is 8.16. The number of rotatable bonds is 4. The van der Waals surface area contributed by atoms with Gasteiger partial charge in [0.25, 0.3) is 5.91 Å². The van der Waals surface area contributed by atoms with Crippen molar-refractivity contribution in [1.82, 2.24) is 19.8 Å². The number of hydrogen-bond acceptors (Lipinski definition) is 5. The molecule has 1 atom stereocenters. The van der Waals surface area contributed by atoms with Gasteiger partial charge in [0.05, 0.1) is 6.54 Å². The Morgan fingerprint density at radius 2 is 2.25 bits per heavy atom. The van der Waals surface area contributed by atoms with Crippen LogP contribution < -0.4 is 5.73 Å². The molecule has 6 heteroatoms. The van der Waals surface area contributed by atoms with Gasteiger partial charge in [0.15, 0.2) is 0 Å². The molecular formula is C18H23N5O. The average Bonchev–Trinajstić information content (AvgIpc) is 3.04. The standard InChI is InChI=1S/C18H23N5O/c1-13-4-3-5-14(10-13)18(24)23-9-7-15(11-23)22(2)12-17-20-8-6-16(19)21-17/h3-6,8,10,15H,7,9,11-12H2,1-2H3,(H2,19,20,21)/t15-/m1/s1. The van der Waals surface area contributed by atoms with Crippen LogP contribution in [0.2, 0.25) is 0 Å². The van der Waals surface area contributed by atoms with Crippen LogP contribution in [0.4, 0.5) is 5.82 Å². The number of carbonyl (C=O) groups is 1. The molecule has 24 heavy (non-hydrogen) atoms. The summed E-state index contributed by atoms with van der Waals surface area (Å²) in [5.74, 6) is 1.30. The summed E-state index contributed by atoms with van der Waals surface area (Å²) in [4.78, 5) is 25.2. The van der Waals surface area contributed by atoms with Gasteiger partial charge >= 0.3 is 0 Å². The number of nitrogens with zero attached hydrogens (tertiary/aromatic N) is 4. The van der Waals surface area contributed by atoms with Crippen molar-refractivity contribution >= 4 is 11.7 Å². The summed E-state index contributed by atoms with van der Waals surface area (Å²) in [5, 5.41) is 0. The van der Waals surface area contributed by atoms with E-state index in [-0.39, 0.29) is 5.91 Å². The van der Waals surface area contributed by atoms with Gasteiger partial charge in [-0.15, -0.1) is 0 Å². The quantitative estimate of drug-likeness (QED) is 0.926. The fraction of sp³-hybridized carbons (Fsp3) is 0.389. The second kappa shape index (κ2) is 6.97. The second-order valence-electron chi connectivity index (χ2n) is 6.38. The zero-order valence-electron chi connectivity index (χ0n) is 14.1. The van der Waals surface area contributed by atoms with E-state index in [1.807, 2.05) is 43.1 Å². The number of hydrogen-bond donors (Lipinski definition) is 1. The molecule has 0 unspecified atom stereocenters. The summed E-state index contributed by atoms with van der Waals surface area (Å²) in [6.07, 6.45) is 2.63.